The highest BCUT2D eigenvalue weighted by Crippen LogP contribution is 2.54. The van der Waals surface area contributed by atoms with Gasteiger partial charge < -0.3 is 34.7 Å². The van der Waals surface area contributed by atoms with Gasteiger partial charge in [0, 0.05) is 29.7 Å². The number of oxime groups is 1. The van der Waals surface area contributed by atoms with Crippen LogP contribution in [0.4, 0.5) is 10.1 Å². The highest BCUT2D eigenvalue weighted by Gasteiger charge is 2.68. The van der Waals surface area contributed by atoms with Crippen molar-refractivity contribution >= 4 is 29.1 Å². The number of anilines is 1. The van der Waals surface area contributed by atoms with E-state index in [1.807, 2.05) is 72.6 Å². The Kier molecular flexibility index (Phi) is 8.83. The summed E-state index contributed by atoms with van der Waals surface area (Å²) in [6.45, 7) is 0.820. The predicted molar refractivity (Wildman–Crippen MR) is 191 cm³/mol. The molecular formula is C40H41FN4O8. The van der Waals surface area contributed by atoms with E-state index in [0.29, 0.717) is 6.42 Å². The van der Waals surface area contributed by atoms with Crippen LogP contribution in [0.5, 0.6) is 5.75 Å². The van der Waals surface area contributed by atoms with Gasteiger partial charge in [0.25, 0.3) is 0 Å². The number of allylic oxidation sites excluding steroid dienone is 1. The highest BCUT2D eigenvalue weighted by atomic mass is 19.1. The topological polar surface area (TPSA) is 150 Å². The van der Waals surface area contributed by atoms with E-state index in [1.54, 1.807) is 19.0 Å². The summed E-state index contributed by atoms with van der Waals surface area (Å²) in [6.07, 6.45) is -0.180. The minimum absolute atomic E-state index is 0.00394. The average molecular weight is 725 g/mol. The number of carbonyl (C=O) groups excluding carboxylic acids is 3. The molecule has 53 heavy (non-hydrogen) atoms. The van der Waals surface area contributed by atoms with Gasteiger partial charge in [-0.15, -0.1) is 0 Å². The number of hydrogen-bond acceptors (Lipinski definition) is 11. The lowest BCUT2D eigenvalue weighted by molar-refractivity contribution is -0.173. The summed E-state index contributed by atoms with van der Waals surface area (Å²) in [7, 11) is 5.36. The Balaban J connectivity index is 1.19. The van der Waals surface area contributed by atoms with Gasteiger partial charge in [-0.2, -0.15) is 0 Å². The maximum atomic E-state index is 16.2. The summed E-state index contributed by atoms with van der Waals surface area (Å²) < 4.78 is 28.4. The number of Topliss-reactive ketones (excluding diaryl/α,β-unsaturated/α-hetero) is 2. The van der Waals surface area contributed by atoms with Gasteiger partial charge >= 0.3 is 0 Å². The molecule has 276 valence electrons. The molecule has 2 fully saturated rings. The van der Waals surface area contributed by atoms with E-state index < -0.39 is 64.7 Å². The molecule has 7 atom stereocenters. The first-order chi connectivity index (χ1) is 25.5. The summed E-state index contributed by atoms with van der Waals surface area (Å²) in [5, 5.41) is 31.5. The fourth-order valence-electron chi connectivity index (χ4n) is 8.72. The van der Waals surface area contributed by atoms with E-state index in [0.717, 1.165) is 17.7 Å². The molecule has 3 aromatic carbocycles. The fraction of sp³-hybridized carbons (Fsp3) is 0.400. The van der Waals surface area contributed by atoms with Crippen molar-refractivity contribution in [1.82, 2.24) is 9.80 Å². The molecule has 5 aliphatic rings. The molecule has 0 spiro atoms. The summed E-state index contributed by atoms with van der Waals surface area (Å²) in [5.41, 5.74) is -1.22. The minimum Gasteiger partial charge on any atom is -0.508 e. The number of amides is 1. The van der Waals surface area contributed by atoms with Gasteiger partial charge in [0.05, 0.1) is 23.3 Å². The van der Waals surface area contributed by atoms with E-state index in [2.05, 4.69) is 10.5 Å². The lowest BCUT2D eigenvalue weighted by Gasteiger charge is -2.53. The maximum Gasteiger partial charge on any atom is 0.241 e. The van der Waals surface area contributed by atoms with Crippen molar-refractivity contribution in [2.24, 2.45) is 22.9 Å². The minimum atomic E-state index is -2.51. The lowest BCUT2D eigenvalue weighted by atomic mass is 9.56. The number of likely N-dealkylation sites (tertiary alicyclic amines) is 1. The van der Waals surface area contributed by atoms with E-state index in [9.17, 15) is 24.6 Å². The third kappa shape index (κ3) is 5.69. The van der Waals surface area contributed by atoms with Gasteiger partial charge in [0.1, 0.15) is 30.7 Å². The monoisotopic (exact) mass is 724 g/mol. The summed E-state index contributed by atoms with van der Waals surface area (Å²) in [5.74, 6) is -6.38. The first kappa shape index (κ1) is 34.9. The van der Waals surface area contributed by atoms with Gasteiger partial charge in [-0.3, -0.25) is 19.3 Å². The number of benzene rings is 3. The maximum absolute atomic E-state index is 16.2. The number of halogens is 1. The van der Waals surface area contributed by atoms with E-state index >= 15 is 4.39 Å². The van der Waals surface area contributed by atoms with Crippen LogP contribution < -0.4 is 10.1 Å². The normalized spacial score (nSPS) is 28.9. The third-order valence-corrected chi connectivity index (χ3v) is 11.5. The zero-order chi connectivity index (χ0) is 37.2. The quantitative estimate of drug-likeness (QED) is 0.311. The average Bonchev–Trinajstić information content (AvgIpc) is 3.55. The molecule has 1 saturated heterocycles. The number of nitrogens with zero attached hydrogens (tertiary/aromatic N) is 3. The molecule has 2 heterocycles. The van der Waals surface area contributed by atoms with Crippen molar-refractivity contribution < 1.29 is 43.3 Å². The van der Waals surface area contributed by atoms with Gasteiger partial charge in [0.2, 0.25) is 11.8 Å². The number of nitrogens with one attached hydrogen (secondary N) is 1. The largest absolute Gasteiger partial charge is 0.508 e. The van der Waals surface area contributed by atoms with Gasteiger partial charge in [0.15, 0.2) is 29.0 Å². The van der Waals surface area contributed by atoms with Crippen LogP contribution in [-0.4, -0.2) is 94.9 Å². The second-order valence-electron chi connectivity index (χ2n) is 14.8. The van der Waals surface area contributed by atoms with Crippen molar-refractivity contribution in [1.29, 1.82) is 0 Å². The lowest BCUT2D eigenvalue weighted by Crippen LogP contribution is -2.69. The van der Waals surface area contributed by atoms with Crippen LogP contribution >= 0.6 is 0 Å². The highest BCUT2D eigenvalue weighted by molar-refractivity contribution is 6.17. The number of aliphatic hydroxyl groups is 2. The zero-order valence-electron chi connectivity index (χ0n) is 29.6. The molecule has 12 nitrogen and oxygen atoms in total. The Morgan fingerprint density at radius 1 is 1.08 bits per heavy atom. The molecule has 8 rings (SSSR count). The number of rotatable bonds is 8. The Labute approximate surface area is 305 Å². The van der Waals surface area contributed by atoms with Crippen LogP contribution in [0.15, 0.2) is 83.2 Å². The number of hydrogen-bond donors (Lipinski definition) is 3. The number of ketones is 2. The van der Waals surface area contributed by atoms with Gasteiger partial charge in [-0.05, 0) is 57.5 Å². The molecule has 2 unspecified atom stereocenters. The van der Waals surface area contributed by atoms with E-state index in [4.69, 9.17) is 14.3 Å². The molecule has 1 amide bonds. The Hall–Kier alpha value is -5.11. The second-order valence-corrected chi connectivity index (χ2v) is 14.8. The van der Waals surface area contributed by atoms with Crippen molar-refractivity contribution in [3.63, 3.8) is 0 Å². The molecule has 0 radical (unpaired) electrons. The Morgan fingerprint density at radius 2 is 1.74 bits per heavy atom. The molecular weight excluding hydrogens is 683 g/mol. The molecule has 3 N–H and O–H groups in total. The van der Waals surface area contributed by atoms with Crippen LogP contribution in [0.25, 0.3) is 0 Å². The first-order valence-corrected chi connectivity index (χ1v) is 17.8. The zero-order valence-corrected chi connectivity index (χ0v) is 29.6. The number of aliphatic hydroxyl groups excluding tert-OH is 1. The van der Waals surface area contributed by atoms with Crippen LogP contribution in [0, 0.1) is 23.6 Å². The van der Waals surface area contributed by atoms with Crippen LogP contribution in [0.3, 0.4) is 0 Å². The van der Waals surface area contributed by atoms with Crippen molar-refractivity contribution in [3.8, 4) is 5.75 Å². The predicted octanol–water partition coefficient (Wildman–Crippen LogP) is 4.02. The molecule has 0 bridgehead atoms. The number of carbonyl (C=O) groups is 3. The van der Waals surface area contributed by atoms with Crippen LogP contribution in [-0.2, 0) is 38.8 Å². The van der Waals surface area contributed by atoms with Gasteiger partial charge in [-0.1, -0.05) is 65.8 Å². The van der Waals surface area contributed by atoms with Gasteiger partial charge in [-0.25, -0.2) is 4.39 Å². The molecule has 3 aliphatic carbocycles. The van der Waals surface area contributed by atoms with E-state index in [-0.39, 0.29) is 66.0 Å². The van der Waals surface area contributed by atoms with E-state index in [1.165, 1.54) is 6.07 Å². The third-order valence-electron chi connectivity index (χ3n) is 11.5. The van der Waals surface area contributed by atoms with Crippen molar-refractivity contribution in [2.75, 3.05) is 33.0 Å². The van der Waals surface area contributed by atoms with Crippen molar-refractivity contribution in [2.45, 2.75) is 56.3 Å². The number of likely N-dealkylation sites (N-methyl/N-ethyl adjacent to an activating group) is 2. The summed E-state index contributed by atoms with van der Waals surface area (Å²) >= 11 is 0. The van der Waals surface area contributed by atoms with Crippen LogP contribution in [0.2, 0.25) is 0 Å². The molecule has 2 aliphatic heterocycles. The molecule has 1 saturated carbocycles. The molecule has 13 heteroatoms. The first-order valence-electron chi connectivity index (χ1n) is 17.8. The molecule has 0 aromatic heterocycles. The fourth-order valence-corrected chi connectivity index (χ4v) is 8.72. The molecule has 3 aromatic rings. The summed E-state index contributed by atoms with van der Waals surface area (Å²) in [6, 6.07) is 18.6. The SMILES string of the molecule is CN(C)[C@@H]1C2ON=C(OCc3ccccc3)C2C(=O)[C@@]2(O)C(O)=C3C(=O)c4c(c(F)cc(NC(=O)[C@@H]5CCN5C)c4OCc4ccccc4)C[C@H]3C[C@@H]12. The standard InChI is InChI=1S/C40H41FN4O8/c1-44(2)32-25-17-23-16-24-26(41)18-27(42-38(49)28-14-15-45(28)3)34(51-19-21-10-6-4-7-11-21)30(24)33(46)29(23)36(47)40(25,50)37(48)31-35(32)53-43-39(31)52-20-22-12-8-5-9-13-22/h4-13,18,23,25,28,31-32,35,47,50H,14-17,19-20H2,1-3H3,(H,42,49)/t23-,25-,28-,31?,32-,35?,40-/m0/s1. The van der Waals surface area contributed by atoms with Crippen LogP contribution in [0.1, 0.15) is 39.9 Å². The number of ether oxygens (including phenoxy) is 2. The smallest absolute Gasteiger partial charge is 0.241 e. The van der Waals surface area contributed by atoms with Crippen molar-refractivity contribution in [3.05, 3.63) is 106 Å². The Morgan fingerprint density at radius 3 is 2.34 bits per heavy atom. The second kappa shape index (κ2) is 13.4. The number of fused-ring (bicyclic) bond motifs is 4. The summed E-state index contributed by atoms with van der Waals surface area (Å²) in [4.78, 5) is 52.0. The Bertz CT molecular complexity index is 2040.